The number of rotatable bonds is 5. The number of halogens is 4. The zero-order chi connectivity index (χ0) is 10.7. The minimum Gasteiger partial charge on any atom is -0.412 e. The summed E-state index contributed by atoms with van der Waals surface area (Å²) in [5.41, 5.74) is 0. The third kappa shape index (κ3) is 8.23. The first kappa shape index (κ1) is 12.9. The third-order valence-corrected chi connectivity index (χ3v) is 2.18. The highest BCUT2D eigenvalue weighted by Crippen LogP contribution is 2.24. The topological polar surface area (TPSA) is 9.23 Å². The molecule has 0 rings (SSSR count). The molecule has 80 valence electrons. The number of hydrogen-bond acceptors (Lipinski definition) is 1. The summed E-state index contributed by atoms with van der Waals surface area (Å²) in [5.74, 6) is -3.41. The number of hydrogen-bond donors (Lipinski definition) is 0. The van der Waals surface area contributed by atoms with Crippen LogP contribution in [0.5, 0.6) is 0 Å². The smallest absolute Gasteiger partial charge is 0.275 e. The average molecular weight is 218 g/mol. The van der Waals surface area contributed by atoms with E-state index < -0.39 is 33.7 Å². The fourth-order valence-corrected chi connectivity index (χ4v) is 1.25. The second kappa shape index (κ2) is 4.41. The van der Waals surface area contributed by atoms with E-state index in [1.54, 1.807) is 19.6 Å². The van der Waals surface area contributed by atoms with Crippen molar-refractivity contribution < 1.29 is 22.0 Å². The highest BCUT2D eigenvalue weighted by atomic mass is 28.4. The van der Waals surface area contributed by atoms with E-state index in [0.717, 1.165) is 0 Å². The Kier molecular flexibility index (Phi) is 4.38. The molecule has 0 unspecified atom stereocenters. The van der Waals surface area contributed by atoms with Gasteiger partial charge in [0.1, 0.15) is 0 Å². The molecule has 0 heterocycles. The van der Waals surface area contributed by atoms with Gasteiger partial charge in [0.25, 0.3) is 5.92 Å². The predicted molar refractivity (Wildman–Crippen MR) is 44.9 cm³/mol. The van der Waals surface area contributed by atoms with Crippen molar-refractivity contribution >= 4 is 8.32 Å². The molecule has 0 bridgehead atoms. The molecular weight excluding hydrogens is 204 g/mol. The Labute approximate surface area is 76.2 Å². The van der Waals surface area contributed by atoms with Gasteiger partial charge < -0.3 is 4.43 Å². The Morgan fingerprint density at radius 2 is 1.69 bits per heavy atom. The predicted octanol–water partition coefficient (Wildman–Crippen LogP) is 3.13. The van der Waals surface area contributed by atoms with E-state index >= 15 is 0 Å². The molecule has 13 heavy (non-hydrogen) atoms. The Bertz CT molecular complexity index is 155. The normalized spacial score (nSPS) is 13.8. The van der Waals surface area contributed by atoms with Crippen LogP contribution >= 0.6 is 0 Å². The highest BCUT2D eigenvalue weighted by molar-refractivity contribution is 6.69. The highest BCUT2D eigenvalue weighted by Gasteiger charge is 2.35. The van der Waals surface area contributed by atoms with Gasteiger partial charge in [0.05, 0.1) is 13.0 Å². The van der Waals surface area contributed by atoms with Crippen molar-refractivity contribution in [3.63, 3.8) is 0 Å². The molecule has 0 aromatic heterocycles. The van der Waals surface area contributed by atoms with Crippen LogP contribution < -0.4 is 0 Å². The monoisotopic (exact) mass is 218 g/mol. The molecule has 0 aliphatic heterocycles. The van der Waals surface area contributed by atoms with Gasteiger partial charge in [-0.2, -0.15) is 0 Å². The van der Waals surface area contributed by atoms with Crippen molar-refractivity contribution in [3.05, 3.63) is 0 Å². The van der Waals surface area contributed by atoms with Gasteiger partial charge in [-0.3, -0.25) is 0 Å². The fraction of sp³-hybridized carbons (Fsp3) is 1.00. The average Bonchev–Trinajstić information content (AvgIpc) is 1.79. The minimum absolute atomic E-state index is 0.896. The van der Waals surface area contributed by atoms with Crippen LogP contribution in [0.25, 0.3) is 0 Å². The van der Waals surface area contributed by atoms with Crippen LogP contribution in [0.2, 0.25) is 19.6 Å². The largest absolute Gasteiger partial charge is 0.412 e. The molecular formula is C7H14F4OSi. The van der Waals surface area contributed by atoms with Crippen molar-refractivity contribution in [2.45, 2.75) is 38.4 Å². The van der Waals surface area contributed by atoms with Gasteiger partial charge in [-0.15, -0.1) is 0 Å². The lowest BCUT2D eigenvalue weighted by atomic mass is 10.3. The van der Waals surface area contributed by atoms with E-state index in [4.69, 9.17) is 4.43 Å². The molecule has 0 saturated heterocycles. The van der Waals surface area contributed by atoms with Crippen molar-refractivity contribution in [1.29, 1.82) is 0 Å². The maximum Gasteiger partial charge on any atom is 0.275 e. The summed E-state index contributed by atoms with van der Waals surface area (Å²) in [6.07, 6.45) is -4.41. The van der Waals surface area contributed by atoms with Gasteiger partial charge in [0, 0.05) is 0 Å². The van der Waals surface area contributed by atoms with Crippen molar-refractivity contribution in [3.8, 4) is 0 Å². The van der Waals surface area contributed by atoms with E-state index in [1.165, 1.54) is 0 Å². The summed E-state index contributed by atoms with van der Waals surface area (Å²) in [6.45, 7) is 4.29. The number of alkyl halides is 4. The summed E-state index contributed by atoms with van der Waals surface area (Å²) in [7, 11) is -2.04. The van der Waals surface area contributed by atoms with Crippen molar-refractivity contribution in [1.82, 2.24) is 0 Å². The molecule has 0 spiro atoms. The molecule has 0 aromatic rings. The fourth-order valence-electron chi connectivity index (χ4n) is 0.607. The van der Waals surface area contributed by atoms with Crippen LogP contribution in [0.3, 0.4) is 0 Å². The lowest BCUT2D eigenvalue weighted by Crippen LogP contribution is -2.35. The Balaban J connectivity index is 3.89. The summed E-state index contributed by atoms with van der Waals surface area (Å²) in [4.78, 5) is 0. The van der Waals surface area contributed by atoms with Gasteiger partial charge >= 0.3 is 0 Å². The third-order valence-electron chi connectivity index (χ3n) is 1.17. The molecule has 0 amide bonds. The molecule has 0 atom stereocenters. The lowest BCUT2D eigenvalue weighted by Gasteiger charge is -2.22. The zero-order valence-electron chi connectivity index (χ0n) is 7.91. The molecule has 0 radical (unpaired) electrons. The Morgan fingerprint density at radius 1 is 1.23 bits per heavy atom. The molecule has 0 aromatic carbocycles. The lowest BCUT2D eigenvalue weighted by molar-refractivity contribution is -0.0839. The zero-order valence-corrected chi connectivity index (χ0v) is 8.91. The van der Waals surface area contributed by atoms with Crippen molar-refractivity contribution in [2.75, 3.05) is 6.61 Å². The minimum atomic E-state index is -3.41. The van der Waals surface area contributed by atoms with Crippen LogP contribution in [-0.2, 0) is 4.43 Å². The van der Waals surface area contributed by atoms with Gasteiger partial charge in [0.2, 0.25) is 6.43 Å². The van der Waals surface area contributed by atoms with Crippen LogP contribution in [-0.4, -0.2) is 27.3 Å². The van der Waals surface area contributed by atoms with E-state index in [1.807, 2.05) is 0 Å². The molecule has 0 aliphatic rings. The van der Waals surface area contributed by atoms with Crippen LogP contribution in [0.1, 0.15) is 6.42 Å². The summed E-state index contributed by atoms with van der Waals surface area (Å²) >= 11 is 0. The maximum atomic E-state index is 12.6. The maximum absolute atomic E-state index is 12.6. The van der Waals surface area contributed by atoms with Crippen LogP contribution in [0.15, 0.2) is 0 Å². The molecule has 1 nitrogen and oxygen atoms in total. The van der Waals surface area contributed by atoms with Crippen molar-refractivity contribution in [2.24, 2.45) is 0 Å². The van der Waals surface area contributed by atoms with Gasteiger partial charge in [0.15, 0.2) is 8.32 Å². The molecule has 0 aliphatic carbocycles. The summed E-state index contributed by atoms with van der Waals surface area (Å²) < 4.78 is 53.3. The standard InChI is InChI=1S/C7H14F4OSi/c1-13(2,3)12-5-7(10,11)4-6(8)9/h6H,4-5H2,1-3H3. The Hall–Kier alpha value is -0.103. The van der Waals surface area contributed by atoms with E-state index in [9.17, 15) is 17.6 Å². The first-order valence-corrected chi connectivity index (χ1v) is 7.33. The summed E-state index contributed by atoms with van der Waals surface area (Å²) in [5, 5.41) is 0. The van der Waals surface area contributed by atoms with Gasteiger partial charge in [-0.25, -0.2) is 17.6 Å². The molecule has 0 fully saturated rings. The van der Waals surface area contributed by atoms with Crippen LogP contribution in [0, 0.1) is 0 Å². The second-order valence-corrected chi connectivity index (χ2v) is 8.37. The molecule has 6 heteroatoms. The SMILES string of the molecule is C[Si](C)(C)OCC(F)(F)CC(F)F. The molecule has 0 saturated carbocycles. The first-order chi connectivity index (χ1) is 5.62. The second-order valence-electron chi connectivity index (χ2n) is 3.85. The Morgan fingerprint density at radius 3 is 2.00 bits per heavy atom. The van der Waals surface area contributed by atoms with E-state index in [2.05, 4.69) is 0 Å². The molecule has 0 N–H and O–H groups in total. The van der Waals surface area contributed by atoms with E-state index in [-0.39, 0.29) is 0 Å². The van der Waals surface area contributed by atoms with Crippen LogP contribution in [0.4, 0.5) is 17.6 Å². The van der Waals surface area contributed by atoms with E-state index in [0.29, 0.717) is 0 Å². The van der Waals surface area contributed by atoms with Gasteiger partial charge in [-0.1, -0.05) is 0 Å². The summed E-state index contributed by atoms with van der Waals surface area (Å²) in [6, 6.07) is 0. The van der Waals surface area contributed by atoms with Gasteiger partial charge in [-0.05, 0) is 19.6 Å². The quantitative estimate of drug-likeness (QED) is 0.509. The first-order valence-electron chi connectivity index (χ1n) is 3.92.